The van der Waals surface area contributed by atoms with Crippen LogP contribution < -0.4 is 0 Å². The Kier molecular flexibility index (Phi) is 4.18. The molecule has 0 N–H and O–H groups in total. The van der Waals surface area contributed by atoms with Gasteiger partial charge in [-0.05, 0) is 38.2 Å². The third-order valence-electron chi connectivity index (χ3n) is 2.53. The van der Waals surface area contributed by atoms with Gasteiger partial charge in [-0.25, -0.2) is 0 Å². The smallest absolute Gasteiger partial charge is 0.246 e. The summed E-state index contributed by atoms with van der Waals surface area (Å²) in [4.78, 5) is 13.7. The van der Waals surface area contributed by atoms with Crippen molar-refractivity contribution in [1.82, 2.24) is 4.90 Å². The molecule has 0 aromatic carbocycles. The van der Waals surface area contributed by atoms with Crippen LogP contribution in [-0.4, -0.2) is 23.4 Å². The molecule has 80 valence electrons. The minimum atomic E-state index is 0.190. The highest BCUT2D eigenvalue weighted by atomic mass is 16.2. The summed E-state index contributed by atoms with van der Waals surface area (Å²) in [5.41, 5.74) is 0. The standard InChI is InChI=1S/C12H21NO/c1-4-5-12(14)13(11-6-7-11)9-8-10(2)3/h4-5,10-11H,6-9H2,1-3H3. The van der Waals surface area contributed by atoms with Gasteiger partial charge in [0.1, 0.15) is 0 Å². The molecule has 0 aromatic rings. The molecule has 2 nitrogen and oxygen atoms in total. The van der Waals surface area contributed by atoms with Crippen LogP contribution in [0.3, 0.4) is 0 Å². The first kappa shape index (κ1) is 11.3. The maximum absolute atomic E-state index is 11.7. The molecule has 1 aliphatic rings. The molecule has 1 aliphatic carbocycles. The van der Waals surface area contributed by atoms with Gasteiger partial charge in [-0.15, -0.1) is 0 Å². The highest BCUT2D eigenvalue weighted by Gasteiger charge is 2.30. The molecule has 0 saturated heterocycles. The van der Waals surface area contributed by atoms with E-state index in [0.717, 1.165) is 13.0 Å². The second kappa shape index (κ2) is 5.18. The summed E-state index contributed by atoms with van der Waals surface area (Å²) >= 11 is 0. The van der Waals surface area contributed by atoms with Gasteiger partial charge in [-0.1, -0.05) is 19.9 Å². The zero-order valence-electron chi connectivity index (χ0n) is 9.49. The van der Waals surface area contributed by atoms with E-state index >= 15 is 0 Å². The second-order valence-electron chi connectivity index (χ2n) is 4.45. The molecule has 0 unspecified atom stereocenters. The molecule has 1 fully saturated rings. The summed E-state index contributed by atoms with van der Waals surface area (Å²) in [6.45, 7) is 7.22. The van der Waals surface area contributed by atoms with Crippen LogP contribution >= 0.6 is 0 Å². The van der Waals surface area contributed by atoms with Gasteiger partial charge in [0.2, 0.25) is 5.91 Å². The van der Waals surface area contributed by atoms with E-state index in [4.69, 9.17) is 0 Å². The predicted molar refractivity (Wildman–Crippen MR) is 59.0 cm³/mol. The minimum absolute atomic E-state index is 0.190. The van der Waals surface area contributed by atoms with Gasteiger partial charge in [-0.3, -0.25) is 4.79 Å². The van der Waals surface area contributed by atoms with Crippen molar-refractivity contribution in [3.05, 3.63) is 12.2 Å². The molecule has 1 amide bonds. The molecule has 1 rings (SSSR count). The van der Waals surface area contributed by atoms with Crippen molar-refractivity contribution in [2.45, 2.75) is 46.1 Å². The van der Waals surface area contributed by atoms with Crippen molar-refractivity contribution in [3.8, 4) is 0 Å². The largest absolute Gasteiger partial charge is 0.336 e. The van der Waals surface area contributed by atoms with Crippen LogP contribution in [0.25, 0.3) is 0 Å². The van der Waals surface area contributed by atoms with Crippen LogP contribution in [0.15, 0.2) is 12.2 Å². The molecular formula is C12H21NO. The number of allylic oxidation sites excluding steroid dienone is 1. The fourth-order valence-electron chi connectivity index (χ4n) is 1.49. The Bertz CT molecular complexity index is 216. The predicted octanol–water partition coefficient (Wildman–Crippen LogP) is 2.60. The molecule has 2 heteroatoms. The van der Waals surface area contributed by atoms with E-state index in [1.165, 1.54) is 12.8 Å². The number of carbonyl (C=O) groups excluding carboxylic acids is 1. The Balaban J connectivity index is 2.42. The van der Waals surface area contributed by atoms with Crippen molar-refractivity contribution in [2.75, 3.05) is 6.54 Å². The number of amides is 1. The molecule has 0 radical (unpaired) electrons. The summed E-state index contributed by atoms with van der Waals surface area (Å²) in [7, 11) is 0. The molecule has 0 bridgehead atoms. The van der Waals surface area contributed by atoms with Gasteiger partial charge in [-0.2, -0.15) is 0 Å². The van der Waals surface area contributed by atoms with Crippen molar-refractivity contribution < 1.29 is 4.79 Å². The Morgan fingerprint density at radius 1 is 1.50 bits per heavy atom. The Morgan fingerprint density at radius 2 is 2.14 bits per heavy atom. The van der Waals surface area contributed by atoms with Crippen LogP contribution in [0.1, 0.15) is 40.0 Å². The lowest BCUT2D eigenvalue weighted by Gasteiger charge is -2.21. The van der Waals surface area contributed by atoms with Crippen molar-refractivity contribution in [1.29, 1.82) is 0 Å². The van der Waals surface area contributed by atoms with E-state index in [1.54, 1.807) is 6.08 Å². The van der Waals surface area contributed by atoms with E-state index in [9.17, 15) is 4.79 Å². The third kappa shape index (κ3) is 3.52. The second-order valence-corrected chi connectivity index (χ2v) is 4.45. The minimum Gasteiger partial charge on any atom is -0.336 e. The number of rotatable bonds is 5. The third-order valence-corrected chi connectivity index (χ3v) is 2.53. The lowest BCUT2D eigenvalue weighted by Crippen LogP contribution is -2.33. The molecule has 0 heterocycles. The van der Waals surface area contributed by atoms with Gasteiger partial charge >= 0.3 is 0 Å². The number of hydrogen-bond donors (Lipinski definition) is 0. The molecule has 0 spiro atoms. The van der Waals surface area contributed by atoms with Crippen LogP contribution in [0, 0.1) is 5.92 Å². The van der Waals surface area contributed by atoms with Crippen LogP contribution in [-0.2, 0) is 4.79 Å². The Labute approximate surface area is 87.0 Å². The van der Waals surface area contributed by atoms with E-state index in [2.05, 4.69) is 13.8 Å². The Hall–Kier alpha value is -0.790. The normalized spacial score (nSPS) is 16.6. The van der Waals surface area contributed by atoms with E-state index in [1.807, 2.05) is 17.9 Å². The average Bonchev–Trinajstić information content (AvgIpc) is 2.88. The number of carbonyl (C=O) groups is 1. The molecule has 0 aliphatic heterocycles. The van der Waals surface area contributed by atoms with Gasteiger partial charge in [0.15, 0.2) is 0 Å². The zero-order chi connectivity index (χ0) is 10.6. The van der Waals surface area contributed by atoms with Gasteiger partial charge in [0.05, 0.1) is 0 Å². The van der Waals surface area contributed by atoms with Gasteiger partial charge in [0, 0.05) is 12.6 Å². The van der Waals surface area contributed by atoms with Crippen LogP contribution in [0.4, 0.5) is 0 Å². The maximum Gasteiger partial charge on any atom is 0.246 e. The lowest BCUT2D eigenvalue weighted by molar-refractivity contribution is -0.126. The first-order valence-electron chi connectivity index (χ1n) is 5.58. The lowest BCUT2D eigenvalue weighted by atomic mass is 10.1. The summed E-state index contributed by atoms with van der Waals surface area (Å²) in [5.74, 6) is 0.866. The van der Waals surface area contributed by atoms with E-state index in [0.29, 0.717) is 12.0 Å². The molecule has 14 heavy (non-hydrogen) atoms. The quantitative estimate of drug-likeness (QED) is 0.617. The molecule has 0 aromatic heterocycles. The average molecular weight is 195 g/mol. The van der Waals surface area contributed by atoms with Crippen molar-refractivity contribution >= 4 is 5.91 Å². The fraction of sp³-hybridized carbons (Fsp3) is 0.750. The SMILES string of the molecule is CC=CC(=O)N(CCC(C)C)C1CC1. The number of nitrogens with zero attached hydrogens (tertiary/aromatic N) is 1. The van der Waals surface area contributed by atoms with E-state index in [-0.39, 0.29) is 5.91 Å². The fourth-order valence-corrected chi connectivity index (χ4v) is 1.49. The molecule has 0 atom stereocenters. The topological polar surface area (TPSA) is 20.3 Å². The summed E-state index contributed by atoms with van der Waals surface area (Å²) < 4.78 is 0. The molecular weight excluding hydrogens is 174 g/mol. The van der Waals surface area contributed by atoms with Crippen LogP contribution in [0.2, 0.25) is 0 Å². The highest BCUT2D eigenvalue weighted by molar-refractivity contribution is 5.88. The van der Waals surface area contributed by atoms with E-state index < -0.39 is 0 Å². The van der Waals surface area contributed by atoms with Crippen molar-refractivity contribution in [2.24, 2.45) is 5.92 Å². The summed E-state index contributed by atoms with van der Waals surface area (Å²) in [5, 5.41) is 0. The maximum atomic E-state index is 11.7. The first-order chi connectivity index (χ1) is 6.65. The first-order valence-corrected chi connectivity index (χ1v) is 5.58. The highest BCUT2D eigenvalue weighted by Crippen LogP contribution is 2.27. The summed E-state index contributed by atoms with van der Waals surface area (Å²) in [6, 6.07) is 0.539. The van der Waals surface area contributed by atoms with Gasteiger partial charge < -0.3 is 4.90 Å². The number of hydrogen-bond acceptors (Lipinski definition) is 1. The zero-order valence-corrected chi connectivity index (χ0v) is 9.49. The summed E-state index contributed by atoms with van der Waals surface area (Å²) in [6.07, 6.45) is 7.01. The van der Waals surface area contributed by atoms with Gasteiger partial charge in [0.25, 0.3) is 0 Å². The molecule has 1 saturated carbocycles. The Morgan fingerprint density at radius 3 is 2.57 bits per heavy atom. The van der Waals surface area contributed by atoms with Crippen molar-refractivity contribution in [3.63, 3.8) is 0 Å². The monoisotopic (exact) mass is 195 g/mol. The van der Waals surface area contributed by atoms with Crippen LogP contribution in [0.5, 0.6) is 0 Å².